The molecular weight excluding hydrogens is 302 g/mol. The average Bonchev–Trinajstić information content (AvgIpc) is 2.68. The van der Waals surface area contributed by atoms with E-state index in [4.69, 9.17) is 23.2 Å². The molecule has 0 aliphatic carbocycles. The first-order valence-electron chi connectivity index (χ1n) is 6.12. The Kier molecular flexibility index (Phi) is 4.45. The molecule has 2 rings (SSSR count). The van der Waals surface area contributed by atoms with Gasteiger partial charge in [-0.3, -0.25) is 4.79 Å². The maximum atomic E-state index is 13.5. The first kappa shape index (κ1) is 15.0. The Bertz CT molecular complexity index is 653. The molecule has 0 N–H and O–H groups in total. The van der Waals surface area contributed by atoms with Crippen molar-refractivity contribution >= 4 is 29.5 Å². The van der Waals surface area contributed by atoms with Crippen LogP contribution in [-0.4, -0.2) is 16.1 Å². The molecule has 2 aromatic rings. The first-order valence-corrected chi connectivity index (χ1v) is 6.87. The van der Waals surface area contributed by atoms with Crippen LogP contribution in [-0.2, 0) is 6.42 Å². The third-order valence-corrected chi connectivity index (χ3v) is 3.48. The van der Waals surface area contributed by atoms with Crippen LogP contribution in [0.5, 0.6) is 0 Å². The lowest BCUT2D eigenvalue weighted by Gasteiger charge is -2.04. The molecule has 1 aromatic carbocycles. The van der Waals surface area contributed by atoms with Crippen molar-refractivity contribution in [2.45, 2.75) is 20.3 Å². The molecular formula is C14H13Cl2FN2O. The van der Waals surface area contributed by atoms with E-state index in [9.17, 15) is 9.18 Å². The summed E-state index contributed by atoms with van der Waals surface area (Å²) in [6.07, 6.45) is 1.30. The van der Waals surface area contributed by atoms with Gasteiger partial charge in [0.1, 0.15) is 11.0 Å². The number of rotatable bonds is 4. The highest BCUT2D eigenvalue weighted by Gasteiger charge is 2.18. The van der Waals surface area contributed by atoms with Crippen molar-refractivity contribution in [3.8, 4) is 5.69 Å². The summed E-state index contributed by atoms with van der Waals surface area (Å²) in [5.41, 5.74) is 1.38. The van der Waals surface area contributed by atoms with Gasteiger partial charge in [0.2, 0.25) is 0 Å². The van der Waals surface area contributed by atoms with Crippen LogP contribution in [0.2, 0.25) is 10.2 Å². The van der Waals surface area contributed by atoms with E-state index >= 15 is 0 Å². The number of hydrogen-bond acceptors (Lipinski definition) is 2. The van der Waals surface area contributed by atoms with Gasteiger partial charge in [-0.1, -0.05) is 37.0 Å². The molecule has 0 saturated carbocycles. The van der Waals surface area contributed by atoms with Crippen LogP contribution in [0.1, 0.15) is 29.9 Å². The molecule has 106 valence electrons. The zero-order chi connectivity index (χ0) is 14.9. The predicted octanol–water partition coefficient (Wildman–Crippen LogP) is 4.33. The second kappa shape index (κ2) is 5.94. The number of nitrogens with zero attached hydrogens (tertiary/aromatic N) is 2. The summed E-state index contributed by atoms with van der Waals surface area (Å²) in [6, 6.07) is 4.25. The summed E-state index contributed by atoms with van der Waals surface area (Å²) in [5.74, 6) is -0.233. The molecule has 1 aromatic heterocycles. The Morgan fingerprint density at radius 3 is 2.65 bits per heavy atom. The smallest absolute Gasteiger partial charge is 0.155 e. The molecule has 0 aliphatic heterocycles. The number of benzene rings is 1. The fraction of sp³-hybridized carbons (Fsp3) is 0.286. The van der Waals surface area contributed by atoms with Gasteiger partial charge in [0.15, 0.2) is 6.29 Å². The van der Waals surface area contributed by atoms with Crippen LogP contribution < -0.4 is 0 Å². The molecule has 0 unspecified atom stereocenters. The largest absolute Gasteiger partial charge is 0.298 e. The minimum atomic E-state index is -0.561. The molecule has 0 fully saturated rings. The van der Waals surface area contributed by atoms with Gasteiger partial charge >= 0.3 is 0 Å². The van der Waals surface area contributed by atoms with Crippen LogP contribution >= 0.6 is 23.2 Å². The van der Waals surface area contributed by atoms with Crippen molar-refractivity contribution < 1.29 is 9.18 Å². The Hall–Kier alpha value is -1.39. The van der Waals surface area contributed by atoms with Gasteiger partial charge in [-0.15, -0.1) is 0 Å². The second-order valence-electron chi connectivity index (χ2n) is 4.88. The monoisotopic (exact) mass is 314 g/mol. The molecule has 0 saturated heterocycles. The summed E-state index contributed by atoms with van der Waals surface area (Å²) in [4.78, 5) is 11.2. The highest BCUT2D eigenvalue weighted by atomic mass is 35.5. The summed E-state index contributed by atoms with van der Waals surface area (Å²) < 4.78 is 14.9. The first-order chi connectivity index (χ1) is 9.43. The highest BCUT2D eigenvalue weighted by molar-refractivity contribution is 6.32. The normalized spacial score (nSPS) is 11.1. The average molecular weight is 315 g/mol. The summed E-state index contributed by atoms with van der Waals surface area (Å²) in [7, 11) is 0. The second-order valence-corrected chi connectivity index (χ2v) is 5.64. The van der Waals surface area contributed by atoms with E-state index in [1.807, 2.05) is 13.8 Å². The van der Waals surface area contributed by atoms with Gasteiger partial charge in [-0.05, 0) is 24.5 Å². The number of hydrogen-bond donors (Lipinski definition) is 0. The van der Waals surface area contributed by atoms with Gasteiger partial charge < -0.3 is 0 Å². The summed E-state index contributed by atoms with van der Waals surface area (Å²) >= 11 is 11.8. The number of aromatic nitrogens is 2. The lowest BCUT2D eigenvalue weighted by molar-refractivity contribution is 0.112. The Morgan fingerprint density at radius 1 is 1.40 bits per heavy atom. The lowest BCUT2D eigenvalue weighted by Crippen LogP contribution is -2.00. The molecule has 0 amide bonds. The summed E-state index contributed by atoms with van der Waals surface area (Å²) in [6.45, 7) is 4.03. The van der Waals surface area contributed by atoms with Crippen LogP contribution in [0.15, 0.2) is 18.2 Å². The van der Waals surface area contributed by atoms with Gasteiger partial charge in [-0.2, -0.15) is 5.10 Å². The SMILES string of the molecule is CC(C)Cc1nn(-c2ccc(Cl)c(F)c2)c(Cl)c1C=O. The van der Waals surface area contributed by atoms with Crippen LogP contribution in [0.3, 0.4) is 0 Å². The van der Waals surface area contributed by atoms with Crippen molar-refractivity contribution in [1.29, 1.82) is 0 Å². The van der Waals surface area contributed by atoms with Gasteiger partial charge in [0, 0.05) is 6.07 Å². The van der Waals surface area contributed by atoms with Gasteiger partial charge in [0.25, 0.3) is 0 Å². The topological polar surface area (TPSA) is 34.9 Å². The Morgan fingerprint density at radius 2 is 2.10 bits per heavy atom. The number of halogens is 3. The lowest BCUT2D eigenvalue weighted by atomic mass is 10.1. The Labute approximate surface area is 126 Å². The van der Waals surface area contributed by atoms with E-state index < -0.39 is 5.82 Å². The van der Waals surface area contributed by atoms with Crippen LogP contribution in [0.4, 0.5) is 4.39 Å². The zero-order valence-electron chi connectivity index (χ0n) is 11.0. The summed E-state index contributed by atoms with van der Waals surface area (Å²) in [5, 5.41) is 4.51. The van der Waals surface area contributed by atoms with Crippen molar-refractivity contribution in [2.24, 2.45) is 5.92 Å². The molecule has 0 aliphatic rings. The molecule has 0 spiro atoms. The van der Waals surface area contributed by atoms with E-state index in [2.05, 4.69) is 5.10 Å². The van der Waals surface area contributed by atoms with E-state index in [1.54, 1.807) is 6.07 Å². The predicted molar refractivity (Wildman–Crippen MR) is 77.5 cm³/mol. The van der Waals surface area contributed by atoms with E-state index in [1.165, 1.54) is 16.8 Å². The van der Waals surface area contributed by atoms with E-state index in [0.717, 1.165) is 0 Å². The molecule has 0 atom stereocenters. The van der Waals surface area contributed by atoms with Crippen LogP contribution in [0.25, 0.3) is 5.69 Å². The molecule has 20 heavy (non-hydrogen) atoms. The van der Waals surface area contributed by atoms with Crippen molar-refractivity contribution in [3.05, 3.63) is 45.4 Å². The third-order valence-electron chi connectivity index (χ3n) is 2.81. The number of carbonyl (C=O) groups is 1. The van der Waals surface area contributed by atoms with E-state index in [0.29, 0.717) is 35.6 Å². The molecule has 0 bridgehead atoms. The van der Waals surface area contributed by atoms with Gasteiger partial charge in [0.05, 0.1) is 22.0 Å². The van der Waals surface area contributed by atoms with Crippen molar-refractivity contribution in [2.75, 3.05) is 0 Å². The number of carbonyl (C=O) groups excluding carboxylic acids is 1. The molecule has 0 radical (unpaired) electrons. The maximum Gasteiger partial charge on any atom is 0.155 e. The molecule has 3 nitrogen and oxygen atoms in total. The van der Waals surface area contributed by atoms with Crippen molar-refractivity contribution in [3.63, 3.8) is 0 Å². The number of aldehydes is 1. The standard InChI is InChI=1S/C14H13Cl2FN2O/c1-8(2)5-13-10(7-20)14(16)19(18-13)9-3-4-11(15)12(17)6-9/h3-4,6-8H,5H2,1-2H3. The fourth-order valence-electron chi connectivity index (χ4n) is 1.89. The minimum absolute atomic E-state index is 0.0232. The van der Waals surface area contributed by atoms with Crippen LogP contribution in [0, 0.1) is 11.7 Å². The minimum Gasteiger partial charge on any atom is -0.298 e. The highest BCUT2D eigenvalue weighted by Crippen LogP contribution is 2.26. The quantitative estimate of drug-likeness (QED) is 0.787. The third kappa shape index (κ3) is 2.86. The van der Waals surface area contributed by atoms with Crippen molar-refractivity contribution in [1.82, 2.24) is 9.78 Å². The fourth-order valence-corrected chi connectivity index (χ4v) is 2.30. The maximum absolute atomic E-state index is 13.5. The molecule has 6 heteroatoms. The Balaban J connectivity index is 2.54. The van der Waals surface area contributed by atoms with Gasteiger partial charge in [-0.25, -0.2) is 9.07 Å². The van der Waals surface area contributed by atoms with E-state index in [-0.39, 0.29) is 10.2 Å². The molecule has 1 heterocycles. The zero-order valence-corrected chi connectivity index (χ0v) is 12.5.